The monoisotopic (exact) mass is 438 g/mol. The van der Waals surface area contributed by atoms with Crippen molar-refractivity contribution < 1.29 is 14.3 Å². The Labute approximate surface area is 155 Å². The summed E-state index contributed by atoms with van der Waals surface area (Å²) in [6.07, 6.45) is 1.58. The lowest BCUT2D eigenvalue weighted by molar-refractivity contribution is 0.0954. The summed E-state index contributed by atoms with van der Waals surface area (Å²) >= 11 is 2.18. The van der Waals surface area contributed by atoms with Crippen LogP contribution in [0.25, 0.3) is 0 Å². The number of amides is 1. The molecule has 1 N–H and O–H groups in total. The van der Waals surface area contributed by atoms with Gasteiger partial charge < -0.3 is 9.47 Å². The first kappa shape index (κ1) is 18.3. The summed E-state index contributed by atoms with van der Waals surface area (Å²) in [6.45, 7) is 4.37. The number of rotatable bonds is 6. The molecule has 0 aromatic heterocycles. The third kappa shape index (κ3) is 4.47. The SMILES string of the molecule is CCOc1c(I)cc(/C=N\NC(=O)c2ccccc2C)cc1OC. The summed E-state index contributed by atoms with van der Waals surface area (Å²) in [7, 11) is 1.59. The van der Waals surface area contributed by atoms with Gasteiger partial charge >= 0.3 is 0 Å². The zero-order valence-electron chi connectivity index (χ0n) is 13.8. The molecule has 0 saturated heterocycles. The van der Waals surface area contributed by atoms with Crippen molar-refractivity contribution in [2.24, 2.45) is 5.10 Å². The standard InChI is InChI=1S/C18H19IN2O3/c1-4-24-17-15(19)9-13(10-16(17)23-3)11-20-21-18(22)14-8-6-5-7-12(14)2/h5-11H,4H2,1-3H3,(H,21,22)/b20-11-. The first-order chi connectivity index (χ1) is 11.6. The van der Waals surface area contributed by atoms with Crippen LogP contribution in [0.2, 0.25) is 0 Å². The first-order valence-corrected chi connectivity index (χ1v) is 8.54. The van der Waals surface area contributed by atoms with E-state index < -0.39 is 0 Å². The van der Waals surface area contributed by atoms with Crippen molar-refractivity contribution in [1.82, 2.24) is 5.43 Å². The molecular formula is C18H19IN2O3. The van der Waals surface area contributed by atoms with E-state index in [0.29, 0.717) is 23.7 Å². The molecule has 0 aliphatic rings. The summed E-state index contributed by atoms with van der Waals surface area (Å²) < 4.78 is 11.9. The molecule has 2 aromatic carbocycles. The van der Waals surface area contributed by atoms with Gasteiger partial charge in [-0.3, -0.25) is 4.79 Å². The molecular weight excluding hydrogens is 419 g/mol. The normalized spacial score (nSPS) is 10.7. The molecule has 0 aliphatic carbocycles. The molecule has 0 bridgehead atoms. The van der Waals surface area contributed by atoms with Crippen molar-refractivity contribution in [1.29, 1.82) is 0 Å². The maximum absolute atomic E-state index is 12.1. The fourth-order valence-corrected chi connectivity index (χ4v) is 2.93. The maximum Gasteiger partial charge on any atom is 0.271 e. The zero-order chi connectivity index (χ0) is 17.5. The minimum atomic E-state index is -0.239. The average Bonchev–Trinajstić information content (AvgIpc) is 2.57. The van der Waals surface area contributed by atoms with Crippen LogP contribution in [-0.4, -0.2) is 25.8 Å². The van der Waals surface area contributed by atoms with E-state index in [1.165, 1.54) is 0 Å². The van der Waals surface area contributed by atoms with Crippen LogP contribution >= 0.6 is 22.6 Å². The molecule has 24 heavy (non-hydrogen) atoms. The lowest BCUT2D eigenvalue weighted by Gasteiger charge is -2.12. The molecule has 5 nitrogen and oxygen atoms in total. The Morgan fingerprint density at radius 1 is 1.33 bits per heavy atom. The number of benzene rings is 2. The largest absolute Gasteiger partial charge is 0.493 e. The van der Waals surface area contributed by atoms with Crippen LogP contribution in [0.4, 0.5) is 0 Å². The van der Waals surface area contributed by atoms with Crippen LogP contribution in [0.3, 0.4) is 0 Å². The maximum atomic E-state index is 12.1. The van der Waals surface area contributed by atoms with Crippen molar-refractivity contribution in [3.8, 4) is 11.5 Å². The molecule has 0 aliphatic heterocycles. The van der Waals surface area contributed by atoms with Gasteiger partial charge in [-0.25, -0.2) is 5.43 Å². The Morgan fingerprint density at radius 2 is 2.08 bits per heavy atom. The number of aryl methyl sites for hydroxylation is 1. The summed E-state index contributed by atoms with van der Waals surface area (Å²) in [5, 5.41) is 4.03. The molecule has 0 heterocycles. The van der Waals surface area contributed by atoms with Gasteiger partial charge in [-0.15, -0.1) is 0 Å². The summed E-state index contributed by atoms with van der Waals surface area (Å²) in [5.74, 6) is 1.11. The van der Waals surface area contributed by atoms with Crippen LogP contribution in [0, 0.1) is 10.5 Å². The molecule has 0 spiro atoms. The van der Waals surface area contributed by atoms with Gasteiger partial charge in [-0.05, 0) is 65.8 Å². The number of nitrogens with zero attached hydrogens (tertiary/aromatic N) is 1. The quantitative estimate of drug-likeness (QED) is 0.425. The Morgan fingerprint density at radius 3 is 2.75 bits per heavy atom. The Bertz CT molecular complexity index is 760. The minimum Gasteiger partial charge on any atom is -0.493 e. The number of hydrogen-bond donors (Lipinski definition) is 1. The van der Waals surface area contributed by atoms with E-state index in [2.05, 4.69) is 33.1 Å². The molecule has 0 atom stereocenters. The second kappa shape index (κ2) is 8.68. The highest BCUT2D eigenvalue weighted by molar-refractivity contribution is 14.1. The number of carbonyl (C=O) groups is 1. The van der Waals surface area contributed by atoms with Gasteiger partial charge in [0.05, 0.1) is 23.5 Å². The Hall–Kier alpha value is -2.09. The number of methoxy groups -OCH3 is 1. The number of hydrazone groups is 1. The molecule has 6 heteroatoms. The Kier molecular flexibility index (Phi) is 6.60. The van der Waals surface area contributed by atoms with Gasteiger partial charge in [0.1, 0.15) is 0 Å². The van der Waals surface area contributed by atoms with E-state index in [4.69, 9.17) is 9.47 Å². The minimum absolute atomic E-state index is 0.239. The number of hydrogen-bond acceptors (Lipinski definition) is 4. The highest BCUT2D eigenvalue weighted by atomic mass is 127. The van der Waals surface area contributed by atoms with Crippen LogP contribution in [0.15, 0.2) is 41.5 Å². The van der Waals surface area contributed by atoms with Gasteiger partial charge in [0.15, 0.2) is 11.5 Å². The van der Waals surface area contributed by atoms with E-state index >= 15 is 0 Å². The zero-order valence-corrected chi connectivity index (χ0v) is 16.0. The topological polar surface area (TPSA) is 59.9 Å². The van der Waals surface area contributed by atoms with E-state index in [9.17, 15) is 4.79 Å². The predicted octanol–water partition coefficient (Wildman–Crippen LogP) is 3.77. The fourth-order valence-electron chi connectivity index (χ4n) is 2.15. The van der Waals surface area contributed by atoms with Gasteiger partial charge in [0.2, 0.25) is 0 Å². The molecule has 126 valence electrons. The van der Waals surface area contributed by atoms with Gasteiger partial charge in [0.25, 0.3) is 5.91 Å². The number of halogens is 1. The Balaban J connectivity index is 2.13. The molecule has 1 amide bonds. The van der Waals surface area contributed by atoms with Gasteiger partial charge in [-0.2, -0.15) is 5.10 Å². The lowest BCUT2D eigenvalue weighted by atomic mass is 10.1. The van der Waals surface area contributed by atoms with Crippen LogP contribution in [-0.2, 0) is 0 Å². The molecule has 0 saturated carbocycles. The molecule has 0 radical (unpaired) electrons. The van der Waals surface area contributed by atoms with Gasteiger partial charge in [0, 0.05) is 5.56 Å². The van der Waals surface area contributed by atoms with E-state index in [0.717, 1.165) is 14.7 Å². The number of carbonyl (C=O) groups excluding carboxylic acids is 1. The average molecular weight is 438 g/mol. The van der Waals surface area contributed by atoms with Crippen molar-refractivity contribution in [3.05, 3.63) is 56.7 Å². The first-order valence-electron chi connectivity index (χ1n) is 7.46. The summed E-state index contributed by atoms with van der Waals surface area (Å²) in [5.41, 5.74) is 4.86. The van der Waals surface area contributed by atoms with Crippen molar-refractivity contribution >= 4 is 34.7 Å². The highest BCUT2D eigenvalue weighted by Crippen LogP contribution is 2.33. The lowest BCUT2D eigenvalue weighted by Crippen LogP contribution is -2.18. The second-order valence-electron chi connectivity index (χ2n) is 4.98. The van der Waals surface area contributed by atoms with Crippen LogP contribution in [0.1, 0.15) is 28.4 Å². The smallest absolute Gasteiger partial charge is 0.271 e. The van der Waals surface area contributed by atoms with E-state index in [-0.39, 0.29) is 5.91 Å². The van der Waals surface area contributed by atoms with Gasteiger partial charge in [-0.1, -0.05) is 18.2 Å². The molecule has 2 aromatic rings. The third-order valence-corrected chi connectivity index (χ3v) is 4.11. The predicted molar refractivity (Wildman–Crippen MR) is 103 cm³/mol. The number of nitrogens with one attached hydrogen (secondary N) is 1. The molecule has 2 rings (SSSR count). The van der Waals surface area contributed by atoms with Crippen molar-refractivity contribution in [2.45, 2.75) is 13.8 Å². The van der Waals surface area contributed by atoms with Crippen LogP contribution < -0.4 is 14.9 Å². The molecule has 0 unspecified atom stereocenters. The van der Waals surface area contributed by atoms with Crippen molar-refractivity contribution in [2.75, 3.05) is 13.7 Å². The van der Waals surface area contributed by atoms with Crippen molar-refractivity contribution in [3.63, 3.8) is 0 Å². The number of ether oxygens (including phenoxy) is 2. The fraction of sp³-hybridized carbons (Fsp3) is 0.222. The van der Waals surface area contributed by atoms with E-state index in [1.54, 1.807) is 19.4 Å². The van der Waals surface area contributed by atoms with E-state index in [1.807, 2.05) is 44.2 Å². The highest BCUT2D eigenvalue weighted by Gasteiger charge is 2.11. The third-order valence-electron chi connectivity index (χ3n) is 3.31. The molecule has 0 fully saturated rings. The summed E-state index contributed by atoms with van der Waals surface area (Å²) in [6, 6.07) is 11.1. The summed E-state index contributed by atoms with van der Waals surface area (Å²) in [4.78, 5) is 12.1. The second-order valence-corrected chi connectivity index (χ2v) is 6.14. The van der Waals surface area contributed by atoms with Crippen LogP contribution in [0.5, 0.6) is 11.5 Å².